The molecule has 1 aromatic rings. The molecule has 3 heteroatoms. The van der Waals surface area contributed by atoms with Gasteiger partial charge in [-0.2, -0.15) is 0 Å². The van der Waals surface area contributed by atoms with Crippen LogP contribution in [0.25, 0.3) is 0 Å². The molecule has 2 N–H and O–H groups in total. The smallest absolute Gasteiger partial charge is 0.0587 e. The zero-order chi connectivity index (χ0) is 7.72. The van der Waals surface area contributed by atoms with Crippen molar-refractivity contribution >= 4 is 30.9 Å². The van der Waals surface area contributed by atoms with E-state index in [-0.39, 0.29) is 0 Å². The number of anilines is 1. The molecule has 10 heavy (non-hydrogen) atoms. The number of hydrogen-bond donors (Lipinski definition) is 3. The van der Waals surface area contributed by atoms with Crippen LogP contribution in [-0.4, -0.2) is 0 Å². The summed E-state index contributed by atoms with van der Waals surface area (Å²) in [6, 6.07) is 3.81. The van der Waals surface area contributed by atoms with Gasteiger partial charge in [0.2, 0.25) is 0 Å². The fourth-order valence-electron chi connectivity index (χ4n) is 0.706. The fourth-order valence-corrected chi connectivity index (χ4v) is 1.18. The van der Waals surface area contributed by atoms with E-state index in [0.717, 1.165) is 15.4 Å². The molecule has 0 saturated carbocycles. The SMILES string of the molecule is Cc1ccc(S)c(N)c1S. The van der Waals surface area contributed by atoms with Gasteiger partial charge in [-0.3, -0.25) is 0 Å². The third kappa shape index (κ3) is 1.25. The first-order chi connectivity index (χ1) is 4.63. The average Bonchev–Trinajstić information content (AvgIpc) is 1.93. The lowest BCUT2D eigenvalue weighted by atomic mass is 10.2. The van der Waals surface area contributed by atoms with E-state index in [2.05, 4.69) is 25.3 Å². The summed E-state index contributed by atoms with van der Waals surface area (Å²) in [6.07, 6.45) is 0. The van der Waals surface area contributed by atoms with Crippen LogP contribution in [0.5, 0.6) is 0 Å². The summed E-state index contributed by atoms with van der Waals surface area (Å²) in [5.41, 5.74) is 7.37. The predicted octanol–water partition coefficient (Wildman–Crippen LogP) is 2.15. The third-order valence-corrected chi connectivity index (χ3v) is 2.38. The van der Waals surface area contributed by atoms with E-state index < -0.39 is 0 Å². The highest BCUT2D eigenvalue weighted by atomic mass is 32.1. The van der Waals surface area contributed by atoms with Crippen molar-refractivity contribution < 1.29 is 0 Å². The van der Waals surface area contributed by atoms with Crippen LogP contribution in [0.3, 0.4) is 0 Å². The zero-order valence-corrected chi connectivity index (χ0v) is 7.42. The van der Waals surface area contributed by atoms with Gasteiger partial charge in [-0.05, 0) is 18.6 Å². The standard InChI is InChI=1S/C7H9NS2/c1-4-2-3-5(9)6(8)7(4)10/h2-3,9-10H,8H2,1H3. The van der Waals surface area contributed by atoms with E-state index in [1.165, 1.54) is 0 Å². The Kier molecular flexibility index (Phi) is 2.16. The highest BCUT2D eigenvalue weighted by molar-refractivity contribution is 7.81. The molecule has 1 nitrogen and oxygen atoms in total. The number of aryl methyl sites for hydroxylation is 1. The lowest BCUT2D eigenvalue weighted by Gasteiger charge is -2.04. The van der Waals surface area contributed by atoms with Gasteiger partial charge in [0.25, 0.3) is 0 Å². The number of nitrogen functional groups attached to an aromatic ring is 1. The van der Waals surface area contributed by atoms with Crippen molar-refractivity contribution in [1.29, 1.82) is 0 Å². The fraction of sp³-hybridized carbons (Fsp3) is 0.143. The maximum atomic E-state index is 5.63. The molecule has 0 heterocycles. The number of benzene rings is 1. The van der Waals surface area contributed by atoms with Gasteiger partial charge < -0.3 is 5.73 Å². The second-order valence-electron chi connectivity index (χ2n) is 2.16. The molecular weight excluding hydrogens is 162 g/mol. The first kappa shape index (κ1) is 7.82. The number of nitrogens with two attached hydrogens (primary N) is 1. The van der Waals surface area contributed by atoms with Crippen molar-refractivity contribution in [2.45, 2.75) is 16.7 Å². The first-order valence-corrected chi connectivity index (χ1v) is 3.79. The maximum absolute atomic E-state index is 5.63. The average molecular weight is 171 g/mol. The van der Waals surface area contributed by atoms with Gasteiger partial charge in [-0.15, -0.1) is 25.3 Å². The Bertz CT molecular complexity index is 231. The van der Waals surface area contributed by atoms with Gasteiger partial charge in [-0.1, -0.05) is 6.07 Å². The molecule has 0 bridgehead atoms. The summed E-state index contributed by atoms with van der Waals surface area (Å²) in [4.78, 5) is 1.61. The zero-order valence-electron chi connectivity index (χ0n) is 5.63. The molecule has 1 rings (SSSR count). The lowest BCUT2D eigenvalue weighted by Crippen LogP contribution is -1.90. The molecule has 0 radical (unpaired) electrons. The van der Waals surface area contributed by atoms with E-state index in [0.29, 0.717) is 5.69 Å². The van der Waals surface area contributed by atoms with E-state index in [1.54, 1.807) is 0 Å². The molecule has 0 atom stereocenters. The Balaban J connectivity index is 3.34. The Morgan fingerprint density at radius 1 is 1.30 bits per heavy atom. The van der Waals surface area contributed by atoms with E-state index in [9.17, 15) is 0 Å². The van der Waals surface area contributed by atoms with Crippen molar-refractivity contribution in [2.24, 2.45) is 0 Å². The molecule has 0 unspecified atom stereocenters. The van der Waals surface area contributed by atoms with Crippen LogP contribution in [0.4, 0.5) is 5.69 Å². The van der Waals surface area contributed by atoms with Gasteiger partial charge in [0.1, 0.15) is 0 Å². The highest BCUT2D eigenvalue weighted by Crippen LogP contribution is 2.26. The van der Waals surface area contributed by atoms with E-state index >= 15 is 0 Å². The van der Waals surface area contributed by atoms with Crippen molar-refractivity contribution in [3.63, 3.8) is 0 Å². The minimum Gasteiger partial charge on any atom is -0.397 e. The van der Waals surface area contributed by atoms with Crippen LogP contribution in [-0.2, 0) is 0 Å². The number of thiol groups is 2. The van der Waals surface area contributed by atoms with Gasteiger partial charge in [0, 0.05) is 9.79 Å². The predicted molar refractivity (Wildman–Crippen MR) is 50.1 cm³/mol. The maximum Gasteiger partial charge on any atom is 0.0587 e. The van der Waals surface area contributed by atoms with Crippen molar-refractivity contribution in [2.75, 3.05) is 5.73 Å². The Morgan fingerprint density at radius 3 is 2.40 bits per heavy atom. The van der Waals surface area contributed by atoms with Gasteiger partial charge >= 0.3 is 0 Å². The molecule has 0 aromatic heterocycles. The van der Waals surface area contributed by atoms with E-state index in [1.807, 2.05) is 19.1 Å². The summed E-state index contributed by atoms with van der Waals surface area (Å²) in [5, 5.41) is 0. The summed E-state index contributed by atoms with van der Waals surface area (Å²) in [5.74, 6) is 0. The van der Waals surface area contributed by atoms with E-state index in [4.69, 9.17) is 5.73 Å². The molecule has 0 amide bonds. The largest absolute Gasteiger partial charge is 0.397 e. The van der Waals surface area contributed by atoms with Crippen LogP contribution >= 0.6 is 25.3 Å². The van der Waals surface area contributed by atoms with Crippen molar-refractivity contribution in [3.05, 3.63) is 17.7 Å². The van der Waals surface area contributed by atoms with Gasteiger partial charge in [0.05, 0.1) is 5.69 Å². The van der Waals surface area contributed by atoms with Crippen LogP contribution < -0.4 is 5.73 Å². The molecule has 0 saturated heterocycles. The highest BCUT2D eigenvalue weighted by Gasteiger charge is 2.00. The second kappa shape index (κ2) is 2.76. The molecular formula is C7H9NS2. The Labute approximate surface area is 71.4 Å². The monoisotopic (exact) mass is 171 g/mol. The molecule has 0 spiro atoms. The minimum atomic E-state index is 0.659. The summed E-state index contributed by atoms with van der Waals surface area (Å²) in [7, 11) is 0. The first-order valence-electron chi connectivity index (χ1n) is 2.90. The molecule has 1 aromatic carbocycles. The van der Waals surface area contributed by atoms with Crippen LogP contribution in [0.1, 0.15) is 5.56 Å². The molecule has 0 aliphatic carbocycles. The molecule has 0 aliphatic heterocycles. The quantitative estimate of drug-likeness (QED) is 0.405. The molecule has 54 valence electrons. The van der Waals surface area contributed by atoms with Crippen molar-refractivity contribution in [3.8, 4) is 0 Å². The number of rotatable bonds is 0. The summed E-state index contributed by atoms with van der Waals surface area (Å²) >= 11 is 8.35. The van der Waals surface area contributed by atoms with Crippen molar-refractivity contribution in [1.82, 2.24) is 0 Å². The van der Waals surface area contributed by atoms with Crippen LogP contribution in [0, 0.1) is 6.92 Å². The van der Waals surface area contributed by atoms with Gasteiger partial charge in [-0.25, -0.2) is 0 Å². The summed E-state index contributed by atoms with van der Waals surface area (Å²) < 4.78 is 0. The molecule has 0 aliphatic rings. The normalized spacial score (nSPS) is 9.90. The Morgan fingerprint density at radius 2 is 1.90 bits per heavy atom. The third-order valence-electron chi connectivity index (χ3n) is 1.40. The van der Waals surface area contributed by atoms with Crippen LogP contribution in [0.2, 0.25) is 0 Å². The Hall–Kier alpha value is -0.280. The topological polar surface area (TPSA) is 26.0 Å². The second-order valence-corrected chi connectivity index (χ2v) is 3.09. The van der Waals surface area contributed by atoms with Crippen LogP contribution in [0.15, 0.2) is 21.9 Å². The summed E-state index contributed by atoms with van der Waals surface area (Å²) in [6.45, 7) is 1.96. The minimum absolute atomic E-state index is 0.659. The lowest BCUT2D eigenvalue weighted by molar-refractivity contribution is 1.26. The number of hydrogen-bond acceptors (Lipinski definition) is 3. The molecule has 0 fully saturated rings. The van der Waals surface area contributed by atoms with Gasteiger partial charge in [0.15, 0.2) is 0 Å².